The summed E-state index contributed by atoms with van der Waals surface area (Å²) in [5.74, 6) is 1.49. The van der Waals surface area contributed by atoms with E-state index in [1.807, 2.05) is 36.4 Å². The van der Waals surface area contributed by atoms with E-state index in [9.17, 15) is 0 Å². The second kappa shape index (κ2) is 7.24. The van der Waals surface area contributed by atoms with Crippen LogP contribution in [0.15, 0.2) is 45.3 Å². The minimum Gasteiger partial charge on any atom is -0.496 e. The maximum absolute atomic E-state index is 5.82. The highest BCUT2D eigenvalue weighted by molar-refractivity contribution is 9.11. The van der Waals surface area contributed by atoms with Crippen molar-refractivity contribution in [1.82, 2.24) is 0 Å². The van der Waals surface area contributed by atoms with Gasteiger partial charge in [-0.05, 0) is 52.3 Å². The third-order valence-electron chi connectivity index (χ3n) is 2.84. The molecule has 3 nitrogen and oxygen atoms in total. The zero-order valence-corrected chi connectivity index (χ0v) is 15.2. The predicted molar refractivity (Wildman–Crippen MR) is 95.1 cm³/mol. The SMILES string of the molecule is COc1ccc(C(N)=S)cc1COc1ccc(Br)cc1Br. The molecule has 0 heterocycles. The highest BCUT2D eigenvalue weighted by Gasteiger charge is 2.08. The average Bonchev–Trinajstić information content (AvgIpc) is 2.46. The van der Waals surface area contributed by atoms with Gasteiger partial charge in [0.1, 0.15) is 23.1 Å². The van der Waals surface area contributed by atoms with Gasteiger partial charge >= 0.3 is 0 Å². The number of hydrogen-bond donors (Lipinski definition) is 1. The van der Waals surface area contributed by atoms with Crippen LogP contribution in [0.5, 0.6) is 11.5 Å². The van der Waals surface area contributed by atoms with E-state index in [2.05, 4.69) is 31.9 Å². The van der Waals surface area contributed by atoms with Crippen LogP contribution >= 0.6 is 44.1 Å². The van der Waals surface area contributed by atoms with E-state index >= 15 is 0 Å². The number of ether oxygens (including phenoxy) is 2. The van der Waals surface area contributed by atoms with Crippen LogP contribution in [0.2, 0.25) is 0 Å². The Morgan fingerprint density at radius 2 is 1.86 bits per heavy atom. The Bertz CT molecular complexity index is 677. The molecule has 2 N–H and O–H groups in total. The smallest absolute Gasteiger partial charge is 0.134 e. The number of nitrogens with two attached hydrogens (primary N) is 1. The number of thiocarbonyl (C=S) groups is 1. The molecule has 0 atom stereocenters. The monoisotopic (exact) mass is 429 g/mol. The Balaban J connectivity index is 2.22. The molecule has 0 bridgehead atoms. The van der Waals surface area contributed by atoms with Gasteiger partial charge in [0.15, 0.2) is 0 Å². The van der Waals surface area contributed by atoms with E-state index in [0.717, 1.165) is 31.6 Å². The second-order valence-electron chi connectivity index (χ2n) is 4.25. The molecular weight excluding hydrogens is 418 g/mol. The summed E-state index contributed by atoms with van der Waals surface area (Å²) in [6, 6.07) is 11.3. The largest absolute Gasteiger partial charge is 0.496 e. The van der Waals surface area contributed by atoms with Crippen LogP contribution in [0.4, 0.5) is 0 Å². The highest BCUT2D eigenvalue weighted by atomic mass is 79.9. The van der Waals surface area contributed by atoms with Crippen LogP contribution in [-0.2, 0) is 6.61 Å². The Labute approximate surface area is 145 Å². The van der Waals surface area contributed by atoms with E-state index in [1.165, 1.54) is 0 Å². The lowest BCUT2D eigenvalue weighted by Gasteiger charge is -2.13. The summed E-state index contributed by atoms with van der Waals surface area (Å²) in [7, 11) is 1.62. The van der Waals surface area contributed by atoms with Crippen molar-refractivity contribution in [2.24, 2.45) is 5.73 Å². The Morgan fingerprint density at radius 1 is 1.14 bits per heavy atom. The predicted octanol–water partition coefficient (Wildman–Crippen LogP) is 4.43. The topological polar surface area (TPSA) is 44.5 Å². The second-order valence-corrected chi connectivity index (χ2v) is 6.46. The molecule has 2 rings (SSSR count). The van der Waals surface area contributed by atoms with Crippen molar-refractivity contribution < 1.29 is 9.47 Å². The van der Waals surface area contributed by atoms with E-state index in [0.29, 0.717) is 11.6 Å². The first-order valence-corrected chi connectivity index (χ1v) is 8.05. The molecule has 0 aromatic heterocycles. The highest BCUT2D eigenvalue weighted by Crippen LogP contribution is 2.30. The summed E-state index contributed by atoms with van der Waals surface area (Å²) in [6.45, 7) is 0.361. The number of halogens is 2. The van der Waals surface area contributed by atoms with E-state index < -0.39 is 0 Å². The van der Waals surface area contributed by atoms with Crippen molar-refractivity contribution >= 4 is 49.1 Å². The summed E-state index contributed by atoms with van der Waals surface area (Å²) in [6.07, 6.45) is 0. The first kappa shape index (κ1) is 16.3. The van der Waals surface area contributed by atoms with Crippen molar-refractivity contribution in [2.45, 2.75) is 6.61 Å². The molecule has 0 fully saturated rings. The molecular formula is C15H13Br2NO2S. The molecule has 0 aliphatic rings. The molecule has 0 saturated heterocycles. The van der Waals surface area contributed by atoms with Gasteiger partial charge in [-0.2, -0.15) is 0 Å². The van der Waals surface area contributed by atoms with E-state index in [4.69, 9.17) is 27.4 Å². The van der Waals surface area contributed by atoms with E-state index in [-0.39, 0.29) is 0 Å². The molecule has 110 valence electrons. The van der Waals surface area contributed by atoms with Gasteiger partial charge in [-0.15, -0.1) is 0 Å². The minimum absolute atomic E-state index is 0.351. The number of hydrogen-bond acceptors (Lipinski definition) is 3. The van der Waals surface area contributed by atoms with Crippen LogP contribution in [0.1, 0.15) is 11.1 Å². The fourth-order valence-electron chi connectivity index (χ4n) is 1.79. The standard InChI is InChI=1S/C15H13Br2NO2S/c1-19-13-4-2-9(15(18)21)6-10(13)8-20-14-5-3-11(16)7-12(14)17/h2-7H,8H2,1H3,(H2,18,21). The van der Waals surface area contributed by atoms with Gasteiger partial charge in [0.05, 0.1) is 11.6 Å². The molecule has 6 heteroatoms. The quantitative estimate of drug-likeness (QED) is 0.712. The molecule has 2 aromatic rings. The average molecular weight is 431 g/mol. The van der Waals surface area contributed by atoms with Crippen LogP contribution in [0.3, 0.4) is 0 Å². The molecule has 0 saturated carbocycles. The summed E-state index contributed by atoms with van der Waals surface area (Å²) in [4.78, 5) is 0.351. The molecule has 21 heavy (non-hydrogen) atoms. The maximum Gasteiger partial charge on any atom is 0.134 e. The van der Waals surface area contributed by atoms with Crippen LogP contribution in [-0.4, -0.2) is 12.1 Å². The number of methoxy groups -OCH3 is 1. The van der Waals surface area contributed by atoms with Crippen molar-refractivity contribution in [3.05, 3.63) is 56.5 Å². The Hall–Kier alpha value is -1.11. The van der Waals surface area contributed by atoms with Gasteiger partial charge in [0, 0.05) is 15.6 Å². The van der Waals surface area contributed by atoms with Gasteiger partial charge in [0.2, 0.25) is 0 Å². The van der Waals surface area contributed by atoms with Gasteiger partial charge in [-0.25, -0.2) is 0 Å². The van der Waals surface area contributed by atoms with Gasteiger partial charge < -0.3 is 15.2 Å². The normalized spacial score (nSPS) is 10.2. The molecule has 2 aromatic carbocycles. The van der Waals surface area contributed by atoms with Crippen molar-refractivity contribution in [2.75, 3.05) is 7.11 Å². The van der Waals surface area contributed by atoms with Crippen LogP contribution in [0.25, 0.3) is 0 Å². The molecule has 0 unspecified atom stereocenters. The van der Waals surface area contributed by atoms with E-state index in [1.54, 1.807) is 7.11 Å². The number of rotatable bonds is 5. The molecule has 0 amide bonds. The first-order valence-electron chi connectivity index (χ1n) is 6.06. The lowest BCUT2D eigenvalue weighted by Crippen LogP contribution is -2.10. The third kappa shape index (κ3) is 4.18. The maximum atomic E-state index is 5.82. The van der Waals surface area contributed by atoms with Crippen molar-refractivity contribution in [1.29, 1.82) is 0 Å². The summed E-state index contributed by atoms with van der Waals surface area (Å²) in [5.41, 5.74) is 7.34. The minimum atomic E-state index is 0.351. The summed E-state index contributed by atoms with van der Waals surface area (Å²) >= 11 is 11.9. The molecule has 0 aliphatic carbocycles. The number of benzene rings is 2. The molecule has 0 spiro atoms. The fraction of sp³-hybridized carbons (Fsp3) is 0.133. The zero-order chi connectivity index (χ0) is 15.4. The van der Waals surface area contributed by atoms with Crippen LogP contribution < -0.4 is 15.2 Å². The lowest BCUT2D eigenvalue weighted by molar-refractivity contribution is 0.295. The Kier molecular flexibility index (Phi) is 5.61. The lowest BCUT2D eigenvalue weighted by atomic mass is 10.1. The van der Waals surface area contributed by atoms with Crippen molar-refractivity contribution in [3.63, 3.8) is 0 Å². The third-order valence-corrected chi connectivity index (χ3v) is 4.19. The Morgan fingerprint density at radius 3 is 2.48 bits per heavy atom. The first-order chi connectivity index (χ1) is 10.0. The molecule has 0 aliphatic heterocycles. The zero-order valence-electron chi connectivity index (χ0n) is 11.2. The van der Waals surface area contributed by atoms with Gasteiger partial charge in [0.25, 0.3) is 0 Å². The summed E-state index contributed by atoms with van der Waals surface area (Å²) in [5, 5.41) is 0. The summed E-state index contributed by atoms with van der Waals surface area (Å²) < 4.78 is 13.0. The molecule has 0 radical (unpaired) electrons. The van der Waals surface area contributed by atoms with Crippen molar-refractivity contribution in [3.8, 4) is 11.5 Å². The van der Waals surface area contributed by atoms with Gasteiger partial charge in [-0.3, -0.25) is 0 Å². The fourth-order valence-corrected chi connectivity index (χ4v) is 3.08. The van der Waals surface area contributed by atoms with Gasteiger partial charge in [-0.1, -0.05) is 28.1 Å². The van der Waals surface area contributed by atoms with Crippen LogP contribution in [0, 0.1) is 0 Å².